The molecule has 3 rings (SSSR count). The molecule has 1 fully saturated rings. The maximum atomic E-state index is 4.77. The smallest absolute Gasteiger partial charge is 0.128 e. The third-order valence-electron chi connectivity index (χ3n) is 4.14. The van der Waals surface area contributed by atoms with Crippen molar-refractivity contribution < 1.29 is 0 Å². The average Bonchev–Trinajstić information content (AvgIpc) is 3.02. The molecular formula is C17H23BrN4S. The Hall–Kier alpha value is -0.980. The number of unbranched alkanes of at least 4 members (excludes halogenated alkanes) is 1. The predicted octanol–water partition coefficient (Wildman–Crippen LogP) is 3.97. The summed E-state index contributed by atoms with van der Waals surface area (Å²) in [5.74, 6) is 1.07. The highest BCUT2D eigenvalue weighted by molar-refractivity contribution is 9.10. The lowest BCUT2D eigenvalue weighted by Crippen LogP contribution is -2.46. The summed E-state index contributed by atoms with van der Waals surface area (Å²) >= 11 is 5.25. The van der Waals surface area contributed by atoms with Gasteiger partial charge in [-0.2, -0.15) is 0 Å². The fraction of sp³-hybridized carbons (Fsp3) is 0.529. The number of halogens is 1. The van der Waals surface area contributed by atoms with Crippen molar-refractivity contribution in [1.82, 2.24) is 14.9 Å². The zero-order valence-electron chi connectivity index (χ0n) is 13.5. The average molecular weight is 395 g/mol. The van der Waals surface area contributed by atoms with E-state index in [2.05, 4.69) is 55.2 Å². The predicted molar refractivity (Wildman–Crippen MR) is 100 cm³/mol. The molecule has 1 aliphatic rings. The quantitative estimate of drug-likeness (QED) is 0.741. The Morgan fingerprint density at radius 3 is 2.74 bits per heavy atom. The minimum atomic E-state index is 0.976. The van der Waals surface area contributed by atoms with E-state index >= 15 is 0 Å². The van der Waals surface area contributed by atoms with E-state index in [0.29, 0.717) is 0 Å². The minimum absolute atomic E-state index is 0.976. The SMILES string of the molecule is CCCCc1nc(CN2CCN(c3ccc(Br)cn3)CC2)cs1. The first-order chi connectivity index (χ1) is 11.2. The second kappa shape index (κ2) is 8.22. The molecule has 4 nitrogen and oxygen atoms in total. The number of thiazole rings is 1. The van der Waals surface area contributed by atoms with Gasteiger partial charge in [0.2, 0.25) is 0 Å². The second-order valence-corrected chi connectivity index (χ2v) is 7.79. The number of rotatable bonds is 6. The Bertz CT molecular complexity index is 605. The topological polar surface area (TPSA) is 32.3 Å². The summed E-state index contributed by atoms with van der Waals surface area (Å²) < 4.78 is 1.03. The van der Waals surface area contributed by atoms with Crippen LogP contribution < -0.4 is 4.90 Å². The van der Waals surface area contributed by atoms with Crippen LogP contribution in [0, 0.1) is 0 Å². The summed E-state index contributed by atoms with van der Waals surface area (Å²) in [6.45, 7) is 7.40. The summed E-state index contributed by atoms with van der Waals surface area (Å²) in [5.41, 5.74) is 1.23. The van der Waals surface area contributed by atoms with Gasteiger partial charge >= 0.3 is 0 Å². The molecule has 1 saturated heterocycles. The molecule has 0 amide bonds. The largest absolute Gasteiger partial charge is 0.354 e. The van der Waals surface area contributed by atoms with Gasteiger partial charge in [0.05, 0.1) is 10.7 Å². The third kappa shape index (κ3) is 4.75. The first kappa shape index (κ1) is 16.9. The molecule has 0 N–H and O–H groups in total. The van der Waals surface area contributed by atoms with E-state index in [-0.39, 0.29) is 0 Å². The van der Waals surface area contributed by atoms with Crippen LogP contribution in [0.15, 0.2) is 28.2 Å². The lowest BCUT2D eigenvalue weighted by molar-refractivity contribution is 0.247. The Kier molecular flexibility index (Phi) is 6.02. The third-order valence-corrected chi connectivity index (χ3v) is 5.56. The molecule has 2 aromatic heterocycles. The molecule has 0 aromatic carbocycles. The highest BCUT2D eigenvalue weighted by Gasteiger charge is 2.18. The first-order valence-electron chi connectivity index (χ1n) is 8.26. The van der Waals surface area contributed by atoms with E-state index in [1.165, 1.54) is 23.5 Å². The highest BCUT2D eigenvalue weighted by Crippen LogP contribution is 2.18. The van der Waals surface area contributed by atoms with Crippen molar-refractivity contribution in [1.29, 1.82) is 0 Å². The van der Waals surface area contributed by atoms with Crippen LogP contribution in [0.4, 0.5) is 5.82 Å². The zero-order valence-corrected chi connectivity index (χ0v) is 15.9. The van der Waals surface area contributed by atoms with Gasteiger partial charge in [-0.15, -0.1) is 11.3 Å². The van der Waals surface area contributed by atoms with Crippen LogP contribution in [0.1, 0.15) is 30.5 Å². The number of aromatic nitrogens is 2. The van der Waals surface area contributed by atoms with Crippen LogP contribution in [0.5, 0.6) is 0 Å². The van der Waals surface area contributed by atoms with Crippen molar-refractivity contribution in [3.05, 3.63) is 38.9 Å². The number of hydrogen-bond acceptors (Lipinski definition) is 5. The maximum Gasteiger partial charge on any atom is 0.128 e. The molecule has 23 heavy (non-hydrogen) atoms. The second-order valence-electron chi connectivity index (χ2n) is 5.93. The van der Waals surface area contributed by atoms with Gasteiger partial charge in [-0.1, -0.05) is 13.3 Å². The number of anilines is 1. The molecule has 124 valence electrons. The summed E-state index contributed by atoms with van der Waals surface area (Å²) in [6.07, 6.45) is 5.48. The molecule has 0 aliphatic carbocycles. The van der Waals surface area contributed by atoms with Crippen molar-refractivity contribution in [3.63, 3.8) is 0 Å². The van der Waals surface area contributed by atoms with Crippen LogP contribution >= 0.6 is 27.3 Å². The van der Waals surface area contributed by atoms with E-state index in [1.54, 1.807) is 0 Å². The van der Waals surface area contributed by atoms with Gasteiger partial charge in [-0.3, -0.25) is 4.90 Å². The highest BCUT2D eigenvalue weighted by atomic mass is 79.9. The fourth-order valence-corrected chi connectivity index (χ4v) is 3.85. The summed E-state index contributed by atoms with van der Waals surface area (Å²) in [7, 11) is 0. The standard InChI is InChI=1S/C17H23BrN4S/c1-2-3-4-17-20-15(13-23-17)12-21-7-9-22(10-8-21)16-6-5-14(18)11-19-16/h5-6,11,13H,2-4,7-10,12H2,1H3. The number of aryl methyl sites for hydroxylation is 1. The van der Waals surface area contributed by atoms with E-state index < -0.39 is 0 Å². The molecular weight excluding hydrogens is 372 g/mol. The monoisotopic (exact) mass is 394 g/mol. The van der Waals surface area contributed by atoms with Gasteiger partial charge in [0, 0.05) is 48.8 Å². The molecule has 0 bridgehead atoms. The van der Waals surface area contributed by atoms with Crippen LogP contribution in [0.3, 0.4) is 0 Å². The van der Waals surface area contributed by atoms with Gasteiger partial charge in [-0.25, -0.2) is 9.97 Å². The molecule has 3 heterocycles. The van der Waals surface area contributed by atoms with Crippen LogP contribution in [0.25, 0.3) is 0 Å². The zero-order chi connectivity index (χ0) is 16.1. The van der Waals surface area contributed by atoms with Crippen molar-refractivity contribution in [2.24, 2.45) is 0 Å². The van der Waals surface area contributed by atoms with Crippen molar-refractivity contribution in [2.75, 3.05) is 31.1 Å². The van der Waals surface area contributed by atoms with Gasteiger partial charge in [-0.05, 0) is 40.9 Å². The Morgan fingerprint density at radius 2 is 2.04 bits per heavy atom. The fourth-order valence-electron chi connectivity index (χ4n) is 2.78. The Morgan fingerprint density at radius 1 is 1.22 bits per heavy atom. The normalized spacial score (nSPS) is 16.0. The molecule has 0 saturated carbocycles. The number of piperazine rings is 1. The molecule has 1 aliphatic heterocycles. The summed E-state index contributed by atoms with van der Waals surface area (Å²) in [4.78, 5) is 14.1. The van der Waals surface area contributed by atoms with E-state index in [9.17, 15) is 0 Å². The van der Waals surface area contributed by atoms with Crippen molar-refractivity contribution in [2.45, 2.75) is 32.7 Å². The number of pyridine rings is 1. The molecule has 0 radical (unpaired) electrons. The molecule has 0 unspecified atom stereocenters. The molecule has 0 spiro atoms. The Labute approximate surface area is 150 Å². The lowest BCUT2D eigenvalue weighted by atomic mass is 10.2. The van der Waals surface area contributed by atoms with E-state index in [4.69, 9.17) is 4.98 Å². The number of hydrogen-bond donors (Lipinski definition) is 0. The summed E-state index contributed by atoms with van der Waals surface area (Å²) in [6, 6.07) is 4.14. The summed E-state index contributed by atoms with van der Waals surface area (Å²) in [5, 5.41) is 3.52. The van der Waals surface area contributed by atoms with Gasteiger partial charge in [0.1, 0.15) is 5.82 Å². The van der Waals surface area contributed by atoms with Crippen LogP contribution in [-0.4, -0.2) is 41.0 Å². The Balaban J connectivity index is 1.49. The van der Waals surface area contributed by atoms with Crippen LogP contribution in [0.2, 0.25) is 0 Å². The maximum absolute atomic E-state index is 4.77. The van der Waals surface area contributed by atoms with Gasteiger partial charge in [0.15, 0.2) is 0 Å². The first-order valence-corrected chi connectivity index (χ1v) is 9.94. The molecule has 0 atom stereocenters. The van der Waals surface area contributed by atoms with Crippen molar-refractivity contribution in [3.8, 4) is 0 Å². The van der Waals surface area contributed by atoms with Gasteiger partial charge in [0.25, 0.3) is 0 Å². The van der Waals surface area contributed by atoms with E-state index in [0.717, 1.165) is 49.4 Å². The number of nitrogens with zero attached hydrogens (tertiary/aromatic N) is 4. The minimum Gasteiger partial charge on any atom is -0.354 e. The molecule has 2 aromatic rings. The van der Waals surface area contributed by atoms with E-state index in [1.807, 2.05) is 17.5 Å². The lowest BCUT2D eigenvalue weighted by Gasteiger charge is -2.35. The van der Waals surface area contributed by atoms with Gasteiger partial charge < -0.3 is 4.90 Å². The van der Waals surface area contributed by atoms with Crippen LogP contribution in [-0.2, 0) is 13.0 Å². The van der Waals surface area contributed by atoms with Crippen molar-refractivity contribution >= 4 is 33.1 Å². The molecule has 6 heteroatoms.